The highest BCUT2D eigenvalue weighted by Crippen LogP contribution is 2.25. The zero-order valence-electron chi connectivity index (χ0n) is 15.3. The molecule has 8 heteroatoms. The van der Waals surface area contributed by atoms with Gasteiger partial charge >= 0.3 is 0 Å². The number of methoxy groups -OCH3 is 1. The van der Waals surface area contributed by atoms with E-state index in [1.165, 1.54) is 0 Å². The summed E-state index contributed by atoms with van der Waals surface area (Å²) < 4.78 is 14.2. The largest absolute Gasteiger partial charge is 0.481 e. The summed E-state index contributed by atoms with van der Waals surface area (Å²) in [6.07, 6.45) is 5.64. The van der Waals surface area contributed by atoms with Gasteiger partial charge in [0, 0.05) is 44.2 Å². The van der Waals surface area contributed by atoms with Gasteiger partial charge in [0.05, 0.1) is 37.9 Å². The van der Waals surface area contributed by atoms with E-state index in [0.717, 1.165) is 16.9 Å². The molecular weight excluding hydrogens is 346 g/mol. The van der Waals surface area contributed by atoms with Crippen molar-refractivity contribution >= 4 is 5.91 Å². The first-order valence-corrected chi connectivity index (χ1v) is 8.75. The summed E-state index contributed by atoms with van der Waals surface area (Å²) in [6, 6.07) is 7.47. The van der Waals surface area contributed by atoms with Crippen molar-refractivity contribution < 1.29 is 14.3 Å². The van der Waals surface area contributed by atoms with Crippen molar-refractivity contribution in [2.24, 2.45) is 7.05 Å². The van der Waals surface area contributed by atoms with Gasteiger partial charge in [-0.2, -0.15) is 5.10 Å². The molecule has 140 valence electrons. The number of hydrogen-bond acceptors (Lipinski definition) is 5. The predicted octanol–water partition coefficient (Wildman–Crippen LogP) is 1.75. The fourth-order valence-corrected chi connectivity index (χ4v) is 3.09. The van der Waals surface area contributed by atoms with E-state index >= 15 is 0 Å². The van der Waals surface area contributed by atoms with Crippen LogP contribution >= 0.6 is 0 Å². The van der Waals surface area contributed by atoms with Crippen LogP contribution in [-0.2, 0) is 11.8 Å². The van der Waals surface area contributed by atoms with Crippen molar-refractivity contribution in [2.75, 3.05) is 33.4 Å². The maximum absolute atomic E-state index is 12.9. The van der Waals surface area contributed by atoms with E-state index < -0.39 is 0 Å². The first-order chi connectivity index (χ1) is 13.2. The highest BCUT2D eigenvalue weighted by Gasteiger charge is 2.23. The second-order valence-corrected chi connectivity index (χ2v) is 6.36. The first-order valence-electron chi connectivity index (χ1n) is 8.75. The Hall–Kier alpha value is -3.13. The van der Waals surface area contributed by atoms with Gasteiger partial charge in [0.2, 0.25) is 5.88 Å². The Balaban J connectivity index is 1.75. The molecule has 0 saturated carbocycles. The minimum absolute atomic E-state index is 0.0873. The molecular formula is C19H21N5O3. The number of nitrogens with zero attached hydrogens (tertiary/aromatic N) is 5. The third-order valence-electron chi connectivity index (χ3n) is 4.53. The summed E-state index contributed by atoms with van der Waals surface area (Å²) in [5, 5.41) is 4.59. The smallest absolute Gasteiger partial charge is 0.274 e. The number of ether oxygens (including phenoxy) is 2. The molecule has 0 radical (unpaired) electrons. The summed E-state index contributed by atoms with van der Waals surface area (Å²) in [4.78, 5) is 18.9. The molecule has 1 aliphatic rings. The summed E-state index contributed by atoms with van der Waals surface area (Å²) in [7, 11) is 3.53. The molecule has 1 saturated heterocycles. The van der Waals surface area contributed by atoms with Crippen LogP contribution < -0.4 is 4.74 Å². The van der Waals surface area contributed by atoms with Gasteiger partial charge in [-0.3, -0.25) is 4.79 Å². The van der Waals surface area contributed by atoms with Crippen LogP contribution in [0.3, 0.4) is 0 Å². The van der Waals surface area contributed by atoms with Crippen LogP contribution in [0.2, 0.25) is 0 Å². The van der Waals surface area contributed by atoms with Gasteiger partial charge in [-0.05, 0) is 18.2 Å². The molecule has 4 rings (SSSR count). The van der Waals surface area contributed by atoms with Crippen LogP contribution in [0, 0.1) is 0 Å². The molecule has 0 aliphatic carbocycles. The number of carbonyl (C=O) groups excluding carboxylic acids is 1. The van der Waals surface area contributed by atoms with Crippen LogP contribution in [-0.4, -0.2) is 63.6 Å². The SMILES string of the molecule is COc1ccc(-n2nc(C(=O)N3CCOCC3)cc2-c2ccn(C)c2)cn1. The van der Waals surface area contributed by atoms with E-state index in [1.807, 2.05) is 42.2 Å². The van der Waals surface area contributed by atoms with E-state index in [-0.39, 0.29) is 5.91 Å². The monoisotopic (exact) mass is 367 g/mol. The Morgan fingerprint density at radius 2 is 2.04 bits per heavy atom. The van der Waals surface area contributed by atoms with Gasteiger partial charge in [-0.1, -0.05) is 0 Å². The van der Waals surface area contributed by atoms with Crippen LogP contribution in [0.4, 0.5) is 0 Å². The zero-order chi connectivity index (χ0) is 18.8. The van der Waals surface area contributed by atoms with Crippen LogP contribution in [0.15, 0.2) is 42.9 Å². The molecule has 4 heterocycles. The Labute approximate surface area is 156 Å². The molecule has 0 unspecified atom stereocenters. The minimum atomic E-state index is -0.0873. The Kier molecular flexibility index (Phi) is 4.64. The quantitative estimate of drug-likeness (QED) is 0.702. The van der Waals surface area contributed by atoms with E-state index in [4.69, 9.17) is 9.47 Å². The Morgan fingerprint density at radius 3 is 2.67 bits per heavy atom. The van der Waals surface area contributed by atoms with Gasteiger partial charge < -0.3 is 18.9 Å². The van der Waals surface area contributed by atoms with Gasteiger partial charge in [0.25, 0.3) is 5.91 Å². The number of aryl methyl sites for hydroxylation is 1. The van der Waals surface area contributed by atoms with Crippen LogP contribution in [0.5, 0.6) is 5.88 Å². The molecule has 0 bridgehead atoms. The minimum Gasteiger partial charge on any atom is -0.481 e. The fraction of sp³-hybridized carbons (Fsp3) is 0.316. The average molecular weight is 367 g/mol. The second-order valence-electron chi connectivity index (χ2n) is 6.36. The summed E-state index contributed by atoms with van der Waals surface area (Å²) in [5.41, 5.74) is 2.98. The van der Waals surface area contributed by atoms with Gasteiger partial charge in [0.15, 0.2) is 5.69 Å². The van der Waals surface area contributed by atoms with Crippen molar-refractivity contribution in [1.82, 2.24) is 24.2 Å². The molecule has 3 aromatic rings. The highest BCUT2D eigenvalue weighted by molar-refractivity contribution is 5.93. The molecule has 1 amide bonds. The normalized spacial score (nSPS) is 14.4. The lowest BCUT2D eigenvalue weighted by molar-refractivity contribution is 0.0298. The van der Waals surface area contributed by atoms with E-state index in [2.05, 4.69) is 10.1 Å². The fourth-order valence-electron chi connectivity index (χ4n) is 3.09. The number of rotatable bonds is 4. The van der Waals surface area contributed by atoms with Crippen LogP contribution in [0.25, 0.3) is 16.9 Å². The molecule has 0 aromatic carbocycles. The number of amides is 1. The molecule has 3 aromatic heterocycles. The number of aromatic nitrogens is 4. The molecule has 0 atom stereocenters. The van der Waals surface area contributed by atoms with Gasteiger partial charge in [-0.25, -0.2) is 9.67 Å². The third kappa shape index (κ3) is 3.43. The molecule has 27 heavy (non-hydrogen) atoms. The van der Waals surface area contributed by atoms with E-state index in [9.17, 15) is 4.79 Å². The second kappa shape index (κ2) is 7.24. The van der Waals surface area contributed by atoms with Crippen LogP contribution in [0.1, 0.15) is 10.5 Å². The Morgan fingerprint density at radius 1 is 1.22 bits per heavy atom. The van der Waals surface area contributed by atoms with Gasteiger partial charge in [0.1, 0.15) is 0 Å². The van der Waals surface area contributed by atoms with E-state index in [1.54, 1.807) is 29.0 Å². The lowest BCUT2D eigenvalue weighted by Gasteiger charge is -2.25. The number of carbonyl (C=O) groups is 1. The topological polar surface area (TPSA) is 74.4 Å². The van der Waals surface area contributed by atoms with Crippen molar-refractivity contribution in [3.63, 3.8) is 0 Å². The molecule has 0 spiro atoms. The summed E-state index contributed by atoms with van der Waals surface area (Å²) in [5.74, 6) is 0.437. The van der Waals surface area contributed by atoms with Crippen molar-refractivity contribution in [3.8, 4) is 22.8 Å². The van der Waals surface area contributed by atoms with Crippen molar-refractivity contribution in [2.45, 2.75) is 0 Å². The van der Waals surface area contributed by atoms with Gasteiger partial charge in [-0.15, -0.1) is 0 Å². The van der Waals surface area contributed by atoms with E-state index in [0.29, 0.717) is 37.9 Å². The maximum atomic E-state index is 12.9. The maximum Gasteiger partial charge on any atom is 0.274 e. The highest BCUT2D eigenvalue weighted by atomic mass is 16.5. The lowest BCUT2D eigenvalue weighted by Crippen LogP contribution is -2.40. The summed E-state index contributed by atoms with van der Waals surface area (Å²) >= 11 is 0. The third-order valence-corrected chi connectivity index (χ3v) is 4.53. The summed E-state index contributed by atoms with van der Waals surface area (Å²) in [6.45, 7) is 2.27. The van der Waals surface area contributed by atoms with Crippen molar-refractivity contribution in [3.05, 3.63) is 48.5 Å². The molecule has 1 fully saturated rings. The predicted molar refractivity (Wildman–Crippen MR) is 99.0 cm³/mol. The number of morpholine rings is 1. The zero-order valence-corrected chi connectivity index (χ0v) is 15.3. The Bertz CT molecular complexity index is 939. The molecule has 8 nitrogen and oxygen atoms in total. The average Bonchev–Trinajstić information content (AvgIpc) is 3.34. The first kappa shape index (κ1) is 17.3. The number of hydrogen-bond donors (Lipinski definition) is 0. The molecule has 0 N–H and O–H groups in total. The lowest BCUT2D eigenvalue weighted by atomic mass is 10.2. The van der Waals surface area contributed by atoms with Crippen molar-refractivity contribution in [1.29, 1.82) is 0 Å². The number of pyridine rings is 1. The molecule has 1 aliphatic heterocycles. The standard InChI is InChI=1S/C19H21N5O3/c1-22-6-5-14(13-22)17-11-16(19(25)23-7-9-27-10-8-23)21-24(17)15-3-4-18(26-2)20-12-15/h3-6,11-13H,7-10H2,1-2H3.